The van der Waals surface area contributed by atoms with Gasteiger partial charge in [-0.1, -0.05) is 0 Å². The van der Waals surface area contributed by atoms with Crippen molar-refractivity contribution in [1.29, 1.82) is 0 Å². The molecule has 1 N–H and O–H groups in total. The number of nitrogens with one attached hydrogen (secondary N) is 1. The molecule has 1 amide bonds. The van der Waals surface area contributed by atoms with Crippen molar-refractivity contribution < 1.29 is 37.4 Å². The van der Waals surface area contributed by atoms with E-state index in [1.165, 1.54) is 6.92 Å². The third-order valence-electron chi connectivity index (χ3n) is 3.48. The Balaban J connectivity index is 2.35. The summed E-state index contributed by atoms with van der Waals surface area (Å²) in [5.74, 6) is -6.19. The summed E-state index contributed by atoms with van der Waals surface area (Å²) < 4.78 is 44.5. The molecule has 1 aromatic rings. The van der Waals surface area contributed by atoms with Gasteiger partial charge in [0, 0.05) is 27.0 Å². The predicted octanol–water partition coefficient (Wildman–Crippen LogP) is 0.229. The van der Waals surface area contributed by atoms with E-state index in [9.17, 15) is 28.0 Å². The number of aromatic nitrogens is 2. The highest BCUT2D eigenvalue weighted by Crippen LogP contribution is 2.44. The molecule has 1 aliphatic rings. The SMILES string of the molecule is CC(=O)Nc1ccn([C@@H]2O[C@H](COC(C)=O)C(OC(C)=O)C2(F)F)c(=O)n1. The van der Waals surface area contributed by atoms with Crippen LogP contribution in [0.4, 0.5) is 14.6 Å². The molecule has 1 aromatic heterocycles. The molecule has 0 bridgehead atoms. The van der Waals surface area contributed by atoms with Crippen molar-refractivity contribution in [3.63, 3.8) is 0 Å². The van der Waals surface area contributed by atoms with Crippen molar-refractivity contribution in [3.8, 4) is 0 Å². The Hall–Kier alpha value is -2.89. The van der Waals surface area contributed by atoms with Crippen LogP contribution in [0.15, 0.2) is 17.1 Å². The summed E-state index contributed by atoms with van der Waals surface area (Å²) in [7, 11) is 0. The first-order chi connectivity index (χ1) is 12.5. The lowest BCUT2D eigenvalue weighted by Crippen LogP contribution is -2.44. The van der Waals surface area contributed by atoms with Gasteiger partial charge in [0.25, 0.3) is 0 Å². The van der Waals surface area contributed by atoms with Gasteiger partial charge >= 0.3 is 23.6 Å². The molecule has 1 saturated heterocycles. The van der Waals surface area contributed by atoms with E-state index in [1.807, 2.05) is 0 Å². The molecule has 1 fully saturated rings. The summed E-state index contributed by atoms with van der Waals surface area (Å²) in [6.45, 7) is 2.58. The number of carbonyl (C=O) groups is 3. The minimum absolute atomic E-state index is 0.127. The van der Waals surface area contributed by atoms with Gasteiger partial charge in [-0.15, -0.1) is 0 Å². The second kappa shape index (κ2) is 7.78. The van der Waals surface area contributed by atoms with E-state index in [2.05, 4.69) is 19.8 Å². The van der Waals surface area contributed by atoms with Gasteiger partial charge in [0.15, 0.2) is 6.10 Å². The molecule has 12 heteroatoms. The van der Waals surface area contributed by atoms with E-state index in [4.69, 9.17) is 4.74 Å². The number of halogens is 2. The van der Waals surface area contributed by atoms with E-state index >= 15 is 0 Å². The maximum absolute atomic E-state index is 14.8. The van der Waals surface area contributed by atoms with E-state index in [-0.39, 0.29) is 5.82 Å². The van der Waals surface area contributed by atoms with Crippen LogP contribution in [0.3, 0.4) is 0 Å². The summed E-state index contributed by atoms with van der Waals surface area (Å²) in [6, 6.07) is 1.13. The van der Waals surface area contributed by atoms with Crippen LogP contribution in [-0.2, 0) is 28.6 Å². The average molecular weight is 389 g/mol. The van der Waals surface area contributed by atoms with Crippen LogP contribution in [-0.4, -0.2) is 52.1 Å². The number of hydrogen-bond donors (Lipinski definition) is 1. The van der Waals surface area contributed by atoms with Crippen molar-refractivity contribution in [1.82, 2.24) is 9.55 Å². The fourth-order valence-electron chi connectivity index (χ4n) is 2.47. The first kappa shape index (κ1) is 20.4. The molecule has 3 atom stereocenters. The van der Waals surface area contributed by atoms with Gasteiger partial charge in [0.2, 0.25) is 12.1 Å². The Morgan fingerprint density at radius 2 is 1.96 bits per heavy atom. The molecular weight excluding hydrogens is 372 g/mol. The van der Waals surface area contributed by atoms with Crippen molar-refractivity contribution in [2.24, 2.45) is 0 Å². The Bertz CT molecular complexity index is 811. The monoisotopic (exact) mass is 389 g/mol. The maximum Gasteiger partial charge on any atom is 0.351 e. The third-order valence-corrected chi connectivity index (χ3v) is 3.48. The van der Waals surface area contributed by atoms with Crippen LogP contribution >= 0.6 is 0 Å². The maximum atomic E-state index is 14.8. The minimum Gasteiger partial charge on any atom is -0.463 e. The highest BCUT2D eigenvalue weighted by Gasteiger charge is 2.62. The van der Waals surface area contributed by atoms with Crippen LogP contribution in [0.2, 0.25) is 0 Å². The molecule has 2 heterocycles. The first-order valence-corrected chi connectivity index (χ1v) is 7.73. The average Bonchev–Trinajstić information content (AvgIpc) is 2.76. The fraction of sp³-hybridized carbons (Fsp3) is 0.533. The molecule has 1 aliphatic heterocycles. The van der Waals surface area contributed by atoms with E-state index in [0.717, 1.165) is 26.1 Å². The summed E-state index contributed by atoms with van der Waals surface area (Å²) in [5.41, 5.74) is -1.12. The van der Waals surface area contributed by atoms with Gasteiger partial charge in [-0.05, 0) is 6.07 Å². The summed E-state index contributed by atoms with van der Waals surface area (Å²) in [6.07, 6.45) is -4.78. The Kier molecular flexibility index (Phi) is 5.88. The molecule has 2 rings (SSSR count). The molecule has 0 saturated carbocycles. The van der Waals surface area contributed by atoms with Crippen molar-refractivity contribution in [2.45, 2.75) is 45.1 Å². The van der Waals surface area contributed by atoms with Gasteiger partial charge in [0.1, 0.15) is 18.5 Å². The number of amides is 1. The van der Waals surface area contributed by atoms with Crippen LogP contribution in [0.25, 0.3) is 0 Å². The highest BCUT2D eigenvalue weighted by atomic mass is 19.3. The number of carbonyl (C=O) groups excluding carboxylic acids is 3. The first-order valence-electron chi connectivity index (χ1n) is 7.73. The number of rotatable bonds is 5. The molecule has 0 aromatic carbocycles. The van der Waals surface area contributed by atoms with Gasteiger partial charge in [0.05, 0.1) is 0 Å². The molecule has 27 heavy (non-hydrogen) atoms. The minimum atomic E-state index is -3.82. The quantitative estimate of drug-likeness (QED) is 0.710. The van der Waals surface area contributed by atoms with E-state index < -0.39 is 54.5 Å². The predicted molar refractivity (Wildman–Crippen MR) is 83.8 cm³/mol. The number of alkyl halides is 2. The van der Waals surface area contributed by atoms with Crippen LogP contribution in [0.5, 0.6) is 0 Å². The molecule has 1 unspecified atom stereocenters. The lowest BCUT2D eigenvalue weighted by atomic mass is 10.1. The highest BCUT2D eigenvalue weighted by molar-refractivity contribution is 5.87. The second-order valence-electron chi connectivity index (χ2n) is 5.72. The lowest BCUT2D eigenvalue weighted by molar-refractivity contribution is -0.174. The zero-order valence-corrected chi connectivity index (χ0v) is 14.6. The summed E-state index contributed by atoms with van der Waals surface area (Å²) in [5, 5.41) is 2.24. The Labute approximate surface area is 151 Å². The number of nitrogens with zero attached hydrogens (tertiary/aromatic N) is 2. The Morgan fingerprint density at radius 3 is 2.48 bits per heavy atom. The Morgan fingerprint density at radius 1 is 1.30 bits per heavy atom. The lowest BCUT2D eigenvalue weighted by Gasteiger charge is -2.23. The van der Waals surface area contributed by atoms with E-state index in [1.54, 1.807) is 0 Å². The number of ether oxygens (including phenoxy) is 3. The van der Waals surface area contributed by atoms with Crippen molar-refractivity contribution in [2.75, 3.05) is 11.9 Å². The normalized spacial score (nSPS) is 23.5. The fourth-order valence-corrected chi connectivity index (χ4v) is 2.47. The largest absolute Gasteiger partial charge is 0.463 e. The van der Waals surface area contributed by atoms with Crippen LogP contribution in [0, 0.1) is 0 Å². The van der Waals surface area contributed by atoms with Crippen LogP contribution in [0.1, 0.15) is 27.0 Å². The summed E-state index contributed by atoms with van der Waals surface area (Å²) in [4.78, 5) is 48.7. The zero-order chi connectivity index (χ0) is 20.4. The van der Waals surface area contributed by atoms with Gasteiger partial charge in [-0.2, -0.15) is 13.8 Å². The smallest absolute Gasteiger partial charge is 0.351 e. The number of esters is 2. The standard InChI is InChI=1S/C15H17F2N3O7/c1-7(21)18-11-4-5-20(14(24)19-11)13-15(16,17)12(26-9(3)23)10(27-13)6-25-8(2)22/h4-5,10,12-13H,6H2,1-3H3,(H,18,19,21,24)/t10-,12?,13-/m1/s1. The molecule has 0 radical (unpaired) electrons. The second-order valence-corrected chi connectivity index (χ2v) is 5.72. The topological polar surface area (TPSA) is 126 Å². The van der Waals surface area contributed by atoms with Crippen LogP contribution < -0.4 is 11.0 Å². The van der Waals surface area contributed by atoms with Gasteiger partial charge in [-0.3, -0.25) is 19.0 Å². The van der Waals surface area contributed by atoms with Gasteiger partial charge in [-0.25, -0.2) is 4.79 Å². The van der Waals surface area contributed by atoms with Gasteiger partial charge < -0.3 is 19.5 Å². The van der Waals surface area contributed by atoms with Crippen molar-refractivity contribution in [3.05, 3.63) is 22.7 Å². The van der Waals surface area contributed by atoms with Crippen molar-refractivity contribution >= 4 is 23.7 Å². The summed E-state index contributed by atoms with van der Waals surface area (Å²) >= 11 is 0. The molecular formula is C15H17F2N3O7. The molecule has 148 valence electrons. The number of hydrogen-bond acceptors (Lipinski definition) is 8. The molecule has 0 aliphatic carbocycles. The number of anilines is 1. The molecule has 10 nitrogen and oxygen atoms in total. The van der Waals surface area contributed by atoms with E-state index in [0.29, 0.717) is 4.57 Å². The molecule has 0 spiro atoms. The third kappa shape index (κ3) is 4.64. The zero-order valence-electron chi connectivity index (χ0n) is 14.6.